The molecule has 0 saturated heterocycles. The van der Waals surface area contributed by atoms with E-state index in [1.54, 1.807) is 35.0 Å². The molecule has 9 nitrogen and oxygen atoms in total. The van der Waals surface area contributed by atoms with Crippen molar-refractivity contribution in [3.63, 3.8) is 0 Å². The van der Waals surface area contributed by atoms with Crippen LogP contribution in [-0.4, -0.2) is 59.2 Å². The van der Waals surface area contributed by atoms with Gasteiger partial charge in [-0.1, -0.05) is 74.5 Å². The first-order valence-electron chi connectivity index (χ1n) is 15.9. The fourth-order valence-electron chi connectivity index (χ4n) is 5.06. The molecule has 0 bridgehead atoms. The van der Waals surface area contributed by atoms with Gasteiger partial charge in [0.05, 0.1) is 27.6 Å². The van der Waals surface area contributed by atoms with Crippen LogP contribution in [0.25, 0.3) is 0 Å². The van der Waals surface area contributed by atoms with Crippen molar-refractivity contribution in [3.8, 4) is 0 Å². The molecule has 2 atom stereocenters. The highest BCUT2D eigenvalue weighted by Gasteiger charge is 2.18. The molecule has 246 valence electrons. The van der Waals surface area contributed by atoms with Crippen LogP contribution in [0.4, 0.5) is 9.59 Å². The molecule has 11 heteroatoms. The summed E-state index contributed by atoms with van der Waals surface area (Å²) in [6.07, 6.45) is 5.33. The third kappa shape index (κ3) is 12.5. The Morgan fingerprint density at radius 2 is 1.59 bits per heavy atom. The van der Waals surface area contributed by atoms with Gasteiger partial charge in [0.1, 0.15) is 6.61 Å². The van der Waals surface area contributed by atoms with Crippen molar-refractivity contribution in [3.05, 3.63) is 104 Å². The number of amides is 3. The number of nitrogens with zero attached hydrogens (tertiary/aromatic N) is 3. The Hall–Kier alpha value is -3.80. The third-order valence-corrected chi connectivity index (χ3v) is 9.48. The average molecular weight is 663 g/mol. The van der Waals surface area contributed by atoms with Crippen molar-refractivity contribution in [2.45, 2.75) is 77.1 Å². The van der Waals surface area contributed by atoms with E-state index in [0.29, 0.717) is 25.4 Å². The summed E-state index contributed by atoms with van der Waals surface area (Å²) in [6.45, 7) is 6.29. The van der Waals surface area contributed by atoms with Gasteiger partial charge in [-0.05, 0) is 49.8 Å². The second kappa shape index (κ2) is 19.0. The third-order valence-electron chi connectivity index (χ3n) is 7.54. The Balaban J connectivity index is 1.27. The maximum atomic E-state index is 12.7. The zero-order valence-electron chi connectivity index (χ0n) is 27.0. The summed E-state index contributed by atoms with van der Waals surface area (Å²) in [7, 11) is 1.80. The van der Waals surface area contributed by atoms with Crippen LogP contribution in [0.3, 0.4) is 0 Å². The number of nitrogens with one attached hydrogen (secondary N) is 3. The number of ether oxygens (including phenoxy) is 1. The maximum absolute atomic E-state index is 12.7. The van der Waals surface area contributed by atoms with Gasteiger partial charge in [-0.25, -0.2) is 14.6 Å². The molecule has 4 aromatic rings. The molecule has 0 aliphatic heterocycles. The summed E-state index contributed by atoms with van der Waals surface area (Å²) in [4.78, 5) is 36.7. The van der Waals surface area contributed by atoms with E-state index in [2.05, 4.69) is 76.2 Å². The van der Waals surface area contributed by atoms with Crippen molar-refractivity contribution >= 4 is 34.8 Å². The van der Waals surface area contributed by atoms with Crippen LogP contribution in [-0.2, 0) is 30.7 Å². The topological polar surface area (TPSA) is 108 Å². The molecule has 2 aromatic heterocycles. The minimum Gasteiger partial charge on any atom is -0.444 e. The zero-order chi connectivity index (χ0) is 32.6. The van der Waals surface area contributed by atoms with Gasteiger partial charge in [0.15, 0.2) is 0 Å². The van der Waals surface area contributed by atoms with Gasteiger partial charge in [-0.15, -0.1) is 22.7 Å². The maximum Gasteiger partial charge on any atom is 0.407 e. The molecule has 0 saturated carbocycles. The Kier molecular flexibility index (Phi) is 14.5. The van der Waals surface area contributed by atoms with Crippen LogP contribution < -0.4 is 16.0 Å². The van der Waals surface area contributed by atoms with Gasteiger partial charge in [-0.2, -0.15) is 0 Å². The Morgan fingerprint density at radius 1 is 0.913 bits per heavy atom. The highest BCUT2D eigenvalue weighted by atomic mass is 32.1. The van der Waals surface area contributed by atoms with E-state index in [4.69, 9.17) is 4.74 Å². The van der Waals surface area contributed by atoms with Crippen LogP contribution in [0.15, 0.2) is 77.8 Å². The lowest BCUT2D eigenvalue weighted by molar-refractivity contribution is 0.135. The van der Waals surface area contributed by atoms with E-state index in [1.807, 2.05) is 29.6 Å². The Labute approximate surface area is 280 Å². The molecule has 0 aliphatic carbocycles. The first kappa shape index (κ1) is 35.1. The lowest BCUT2D eigenvalue weighted by Gasteiger charge is -2.24. The van der Waals surface area contributed by atoms with Crippen LogP contribution in [0.1, 0.15) is 65.7 Å². The lowest BCUT2D eigenvalue weighted by Crippen LogP contribution is -2.40. The van der Waals surface area contributed by atoms with Gasteiger partial charge >= 0.3 is 12.1 Å². The molecular formula is C35H46N6O3S2. The number of alkyl carbamates (subject to hydrolysis) is 1. The quantitative estimate of drug-likeness (QED) is 0.102. The zero-order valence-corrected chi connectivity index (χ0v) is 28.6. The van der Waals surface area contributed by atoms with Gasteiger partial charge in [0, 0.05) is 43.2 Å². The molecule has 0 spiro atoms. The fraction of sp³-hybridized carbons (Fsp3) is 0.429. The van der Waals surface area contributed by atoms with Gasteiger partial charge < -0.3 is 25.6 Å². The van der Waals surface area contributed by atoms with Crippen LogP contribution >= 0.6 is 22.7 Å². The summed E-state index contributed by atoms with van der Waals surface area (Å²) in [6, 6.07) is 20.7. The number of thiazole rings is 2. The first-order valence-corrected chi connectivity index (χ1v) is 17.7. The summed E-state index contributed by atoms with van der Waals surface area (Å²) >= 11 is 3.11. The second-order valence-corrected chi connectivity index (χ2v) is 13.6. The molecule has 0 fully saturated rings. The molecule has 2 heterocycles. The smallest absolute Gasteiger partial charge is 0.407 e. The number of hydrogen-bond donors (Lipinski definition) is 3. The molecule has 4 rings (SSSR count). The normalized spacial score (nSPS) is 12.4. The predicted molar refractivity (Wildman–Crippen MR) is 186 cm³/mol. The second-order valence-electron chi connectivity index (χ2n) is 11.8. The standard InChI is InChI=1S/C35H46N6O3S2/c1-26(2)33-39-31(24-45-33)22-41(3)34(42)38-18-10-17-37-29(19-27-11-6-4-7-12-27)15-16-30(20-28-13-8-5-9-14-28)40-35(43)44-23-32-21-36-25-46-32/h4-9,11-14,21,24-26,29-30,37H,10,15-20,22-23H2,1-3H3,(H,38,42)(H,40,43)/t29-,30-/m1/s1. The van der Waals surface area contributed by atoms with E-state index in [1.165, 1.54) is 22.5 Å². The average Bonchev–Trinajstić information content (AvgIpc) is 3.76. The molecule has 0 aliphatic rings. The number of urea groups is 1. The number of benzene rings is 2. The minimum atomic E-state index is -0.419. The molecular weight excluding hydrogens is 617 g/mol. The highest BCUT2D eigenvalue weighted by Crippen LogP contribution is 2.20. The number of carbonyl (C=O) groups excluding carboxylic acids is 2. The fourth-order valence-corrected chi connectivity index (χ4v) is 6.39. The summed E-state index contributed by atoms with van der Waals surface area (Å²) in [5.74, 6) is 0.387. The summed E-state index contributed by atoms with van der Waals surface area (Å²) < 4.78 is 5.49. The molecule has 46 heavy (non-hydrogen) atoms. The molecule has 3 amide bonds. The first-order chi connectivity index (χ1) is 22.4. The van der Waals surface area contributed by atoms with Crippen LogP contribution in [0.5, 0.6) is 0 Å². The Morgan fingerprint density at radius 3 is 2.22 bits per heavy atom. The largest absolute Gasteiger partial charge is 0.444 e. The van der Waals surface area contributed by atoms with Gasteiger partial charge in [0.25, 0.3) is 0 Å². The van der Waals surface area contributed by atoms with Crippen molar-refractivity contribution < 1.29 is 14.3 Å². The number of rotatable bonds is 18. The summed E-state index contributed by atoms with van der Waals surface area (Å²) in [5, 5.41) is 13.0. The highest BCUT2D eigenvalue weighted by molar-refractivity contribution is 7.09. The van der Waals surface area contributed by atoms with E-state index >= 15 is 0 Å². The molecule has 0 unspecified atom stereocenters. The van der Waals surface area contributed by atoms with Crippen LogP contribution in [0.2, 0.25) is 0 Å². The van der Waals surface area contributed by atoms with Gasteiger partial charge in [-0.3, -0.25) is 4.98 Å². The number of hydrogen-bond acceptors (Lipinski definition) is 8. The van der Waals surface area contributed by atoms with E-state index in [-0.39, 0.29) is 24.7 Å². The molecule has 2 aromatic carbocycles. The monoisotopic (exact) mass is 662 g/mol. The number of carbonyl (C=O) groups is 2. The van der Waals surface area contributed by atoms with Crippen molar-refractivity contribution in [1.29, 1.82) is 0 Å². The van der Waals surface area contributed by atoms with E-state index < -0.39 is 6.09 Å². The van der Waals surface area contributed by atoms with Gasteiger partial charge in [0.2, 0.25) is 0 Å². The predicted octanol–water partition coefficient (Wildman–Crippen LogP) is 6.77. The van der Waals surface area contributed by atoms with Crippen LogP contribution in [0, 0.1) is 0 Å². The van der Waals surface area contributed by atoms with E-state index in [9.17, 15) is 9.59 Å². The SMILES string of the molecule is CC(C)c1nc(CN(C)C(=O)NCCCN[C@H](CC[C@H](Cc2ccccc2)NC(=O)OCc2cncs2)Cc2ccccc2)cs1. The van der Waals surface area contributed by atoms with Crippen molar-refractivity contribution in [1.82, 2.24) is 30.8 Å². The summed E-state index contributed by atoms with van der Waals surface area (Å²) in [5.41, 5.74) is 5.07. The van der Waals surface area contributed by atoms with E-state index in [0.717, 1.165) is 47.8 Å². The Bertz CT molecular complexity index is 1430. The molecule has 0 radical (unpaired) electrons. The van der Waals surface area contributed by atoms with Crippen molar-refractivity contribution in [2.24, 2.45) is 0 Å². The number of aromatic nitrogens is 2. The molecule has 3 N–H and O–H groups in total. The lowest BCUT2D eigenvalue weighted by atomic mass is 9.96. The van der Waals surface area contributed by atoms with Crippen molar-refractivity contribution in [2.75, 3.05) is 20.1 Å². The minimum absolute atomic E-state index is 0.0828.